The Balaban J connectivity index is 2.49. The van der Waals surface area contributed by atoms with Gasteiger partial charge in [0.25, 0.3) is 0 Å². The molecule has 2 rings (SSSR count). The highest BCUT2D eigenvalue weighted by Gasteiger charge is 2.09. The third-order valence-corrected chi connectivity index (χ3v) is 3.56. The fraction of sp³-hybridized carbons (Fsp3) is 0.0769. The number of benzene rings is 2. The van der Waals surface area contributed by atoms with E-state index in [1.807, 2.05) is 13.0 Å². The Bertz CT molecular complexity index is 631. The van der Waals surface area contributed by atoms with Crippen LogP contribution in [0.5, 0.6) is 0 Å². The molecule has 1 atom stereocenters. The van der Waals surface area contributed by atoms with Crippen molar-refractivity contribution in [3.05, 3.63) is 60.2 Å². The minimum Gasteiger partial charge on any atom is -0.211 e. The summed E-state index contributed by atoms with van der Waals surface area (Å²) in [7, 11) is -3.86. The number of nitrogens with zero attached hydrogens (tertiary/aromatic N) is 1. The average molecular weight is 249 g/mol. The Hall–Kier alpha value is -1.68. The first-order chi connectivity index (χ1) is 8.08. The smallest absolute Gasteiger partial charge is 0.211 e. The maximum atomic E-state index is 14.0. The van der Waals surface area contributed by atoms with Gasteiger partial charge in [-0.1, -0.05) is 30.3 Å². The summed E-state index contributed by atoms with van der Waals surface area (Å²) in [5, 5.41) is 0. The van der Waals surface area contributed by atoms with E-state index in [0.717, 1.165) is 5.56 Å². The molecule has 0 N–H and O–H groups in total. The lowest BCUT2D eigenvalue weighted by Gasteiger charge is -2.00. The molecular weight excluding hydrogens is 237 g/mol. The minimum absolute atomic E-state index is 0.0986. The van der Waals surface area contributed by atoms with Crippen LogP contribution in [0.3, 0.4) is 0 Å². The van der Waals surface area contributed by atoms with E-state index in [9.17, 15) is 8.09 Å². The Kier molecular flexibility index (Phi) is 3.24. The van der Waals surface area contributed by atoms with Crippen LogP contribution in [0, 0.1) is 6.92 Å². The van der Waals surface area contributed by atoms with Crippen LogP contribution < -0.4 is 0 Å². The first-order valence-corrected chi connectivity index (χ1v) is 6.58. The van der Waals surface area contributed by atoms with Crippen molar-refractivity contribution in [1.82, 2.24) is 0 Å². The topological polar surface area (TPSA) is 29.4 Å². The number of hydrogen-bond acceptors (Lipinski definition) is 2. The Morgan fingerprint density at radius 1 is 1.06 bits per heavy atom. The highest BCUT2D eigenvalue weighted by atomic mass is 32.3. The summed E-state index contributed by atoms with van der Waals surface area (Å²) in [5.74, 6) is 0. The van der Waals surface area contributed by atoms with E-state index in [1.165, 1.54) is 12.1 Å². The van der Waals surface area contributed by atoms with E-state index >= 15 is 0 Å². The summed E-state index contributed by atoms with van der Waals surface area (Å²) in [5.41, 5.74) is 1.34. The van der Waals surface area contributed by atoms with Gasteiger partial charge in [-0.05, 0) is 36.8 Å². The fourth-order valence-electron chi connectivity index (χ4n) is 1.46. The van der Waals surface area contributed by atoms with Crippen molar-refractivity contribution in [3.8, 4) is 0 Å². The van der Waals surface area contributed by atoms with Crippen LogP contribution in [0.2, 0.25) is 0 Å². The van der Waals surface area contributed by atoms with Crippen LogP contribution >= 0.6 is 0 Å². The molecule has 0 spiro atoms. The molecule has 88 valence electrons. The molecule has 0 heterocycles. The molecule has 0 amide bonds. The van der Waals surface area contributed by atoms with Crippen molar-refractivity contribution >= 4 is 15.8 Å². The number of aryl methyl sites for hydroxylation is 1. The third-order valence-electron chi connectivity index (χ3n) is 2.26. The second-order valence-corrected chi connectivity index (χ2v) is 5.27. The van der Waals surface area contributed by atoms with Crippen molar-refractivity contribution in [2.75, 3.05) is 0 Å². The minimum atomic E-state index is -3.86. The lowest BCUT2D eigenvalue weighted by atomic mass is 10.2. The molecule has 17 heavy (non-hydrogen) atoms. The van der Waals surface area contributed by atoms with Crippen LogP contribution in [0.25, 0.3) is 0 Å². The van der Waals surface area contributed by atoms with Gasteiger partial charge in [-0.3, -0.25) is 0 Å². The Labute approximate surface area is 101 Å². The number of rotatable bonds is 2. The predicted octanol–water partition coefficient (Wildman–Crippen LogP) is 4.04. The molecule has 0 aromatic heterocycles. The van der Waals surface area contributed by atoms with Gasteiger partial charge in [0, 0.05) is 0 Å². The van der Waals surface area contributed by atoms with Gasteiger partial charge in [0.2, 0.25) is 10.1 Å². The quantitative estimate of drug-likeness (QED) is 0.738. The van der Waals surface area contributed by atoms with Crippen LogP contribution in [-0.2, 0) is 10.1 Å². The van der Waals surface area contributed by atoms with E-state index < -0.39 is 10.1 Å². The second kappa shape index (κ2) is 4.67. The van der Waals surface area contributed by atoms with E-state index in [0.29, 0.717) is 5.69 Å². The molecule has 2 aromatic carbocycles. The zero-order valence-electron chi connectivity index (χ0n) is 9.34. The Morgan fingerprint density at radius 2 is 1.76 bits per heavy atom. The Morgan fingerprint density at radius 3 is 2.41 bits per heavy atom. The van der Waals surface area contributed by atoms with Crippen LogP contribution in [-0.4, -0.2) is 4.21 Å². The molecule has 0 aliphatic heterocycles. The summed E-state index contributed by atoms with van der Waals surface area (Å²) in [6, 6.07) is 14.9. The normalized spacial score (nSPS) is 14.0. The first kappa shape index (κ1) is 11.8. The van der Waals surface area contributed by atoms with Gasteiger partial charge in [0.15, 0.2) is 0 Å². The third kappa shape index (κ3) is 2.91. The van der Waals surface area contributed by atoms with Gasteiger partial charge in [-0.2, -0.15) is 4.36 Å². The largest absolute Gasteiger partial charge is 0.235 e. The summed E-state index contributed by atoms with van der Waals surface area (Å²) in [6.45, 7) is 1.88. The molecule has 0 aliphatic carbocycles. The number of halogens is 1. The maximum absolute atomic E-state index is 14.0. The highest BCUT2D eigenvalue weighted by Crippen LogP contribution is 2.22. The van der Waals surface area contributed by atoms with E-state index in [4.69, 9.17) is 0 Å². The first-order valence-electron chi connectivity index (χ1n) is 5.16. The zero-order chi connectivity index (χ0) is 12.3. The van der Waals surface area contributed by atoms with Crippen molar-refractivity contribution in [2.45, 2.75) is 11.8 Å². The van der Waals surface area contributed by atoms with Gasteiger partial charge >= 0.3 is 0 Å². The van der Waals surface area contributed by atoms with E-state index in [-0.39, 0.29) is 4.90 Å². The molecule has 1 unspecified atom stereocenters. The molecule has 4 heteroatoms. The summed E-state index contributed by atoms with van der Waals surface area (Å²) in [4.78, 5) is 0.0986. The average Bonchev–Trinajstić information content (AvgIpc) is 2.29. The molecule has 0 fully saturated rings. The van der Waals surface area contributed by atoms with Crippen LogP contribution in [0.15, 0.2) is 63.9 Å². The second-order valence-electron chi connectivity index (χ2n) is 3.70. The van der Waals surface area contributed by atoms with Gasteiger partial charge < -0.3 is 0 Å². The molecule has 0 aliphatic rings. The van der Waals surface area contributed by atoms with Gasteiger partial charge in [-0.25, -0.2) is 4.21 Å². The van der Waals surface area contributed by atoms with Crippen molar-refractivity contribution in [3.63, 3.8) is 0 Å². The molecule has 0 radical (unpaired) electrons. The monoisotopic (exact) mass is 249 g/mol. The lowest BCUT2D eigenvalue weighted by Crippen LogP contribution is -1.90. The molecule has 0 saturated carbocycles. The fourth-order valence-corrected chi connectivity index (χ4v) is 2.44. The molecule has 2 aromatic rings. The van der Waals surface area contributed by atoms with Crippen LogP contribution in [0.4, 0.5) is 9.57 Å². The summed E-state index contributed by atoms with van der Waals surface area (Å²) >= 11 is 0. The van der Waals surface area contributed by atoms with Crippen molar-refractivity contribution in [1.29, 1.82) is 0 Å². The predicted molar refractivity (Wildman–Crippen MR) is 67.2 cm³/mol. The molecule has 0 bridgehead atoms. The van der Waals surface area contributed by atoms with Gasteiger partial charge in [-0.15, -0.1) is 3.89 Å². The molecule has 0 saturated heterocycles. The van der Waals surface area contributed by atoms with Crippen molar-refractivity contribution < 1.29 is 8.09 Å². The molecular formula is C13H12FNOS. The number of hydrogen-bond donors (Lipinski definition) is 0. The van der Waals surface area contributed by atoms with E-state index in [2.05, 4.69) is 4.36 Å². The van der Waals surface area contributed by atoms with Gasteiger partial charge in [0.05, 0.1) is 10.6 Å². The maximum Gasteiger partial charge on any atom is 0.235 e. The van der Waals surface area contributed by atoms with Crippen molar-refractivity contribution in [2.24, 2.45) is 4.36 Å². The zero-order valence-corrected chi connectivity index (χ0v) is 10.2. The standard InChI is InChI=1S/C13H12FNOS/c1-11-6-5-7-12(10-11)15-17(14,16)13-8-3-2-4-9-13/h2-10H,1H3. The molecule has 2 nitrogen and oxygen atoms in total. The van der Waals surface area contributed by atoms with E-state index in [1.54, 1.807) is 36.4 Å². The van der Waals surface area contributed by atoms with Crippen LogP contribution in [0.1, 0.15) is 5.56 Å². The summed E-state index contributed by atoms with van der Waals surface area (Å²) in [6.07, 6.45) is 0. The highest BCUT2D eigenvalue weighted by molar-refractivity contribution is 7.88. The summed E-state index contributed by atoms with van der Waals surface area (Å²) < 4.78 is 29.5. The SMILES string of the molecule is Cc1cccc(N=S(=O)(F)c2ccccc2)c1. The van der Waals surface area contributed by atoms with Gasteiger partial charge in [0.1, 0.15) is 0 Å². The lowest BCUT2D eigenvalue weighted by molar-refractivity contribution is 0.639.